The highest BCUT2D eigenvalue weighted by atomic mass is 16.4. The van der Waals surface area contributed by atoms with Gasteiger partial charge in [0, 0.05) is 48.0 Å². The number of H-pyrrole nitrogens is 1. The van der Waals surface area contributed by atoms with Gasteiger partial charge >= 0.3 is 5.97 Å². The molecule has 0 radical (unpaired) electrons. The second kappa shape index (κ2) is 6.72. The van der Waals surface area contributed by atoms with Gasteiger partial charge < -0.3 is 30.4 Å². The van der Waals surface area contributed by atoms with Gasteiger partial charge in [-0.1, -0.05) is 6.92 Å². The van der Waals surface area contributed by atoms with Crippen LogP contribution in [0.5, 0.6) is 5.75 Å². The third-order valence-corrected chi connectivity index (χ3v) is 5.30. The van der Waals surface area contributed by atoms with Crippen LogP contribution in [0.15, 0.2) is 23.0 Å². The smallest absolute Gasteiger partial charge is 0.345 e. The van der Waals surface area contributed by atoms with Crippen LogP contribution in [0.1, 0.15) is 28.5 Å². The standard InChI is InChI=1S/C20H22N4O4/c1-3-21-9-11-6-10-7-13-14(8-15(10)24(11)2)22-5-4-12-17(13)23-19(26)16(18(12)25)20(27)28/h6-8,21-22H,3-5,9H2,1-2H3,(H,27,28)(H2,23,25,26). The lowest BCUT2D eigenvalue weighted by Crippen LogP contribution is -2.20. The molecule has 0 bridgehead atoms. The summed E-state index contributed by atoms with van der Waals surface area (Å²) in [4.78, 5) is 26.3. The molecule has 28 heavy (non-hydrogen) atoms. The number of aryl methyl sites for hydroxylation is 1. The number of hydrogen-bond acceptors (Lipinski definition) is 5. The molecule has 0 amide bonds. The minimum Gasteiger partial charge on any atom is -0.506 e. The average molecular weight is 382 g/mol. The van der Waals surface area contributed by atoms with Crippen LogP contribution in [0.2, 0.25) is 0 Å². The van der Waals surface area contributed by atoms with Gasteiger partial charge in [0.2, 0.25) is 0 Å². The summed E-state index contributed by atoms with van der Waals surface area (Å²) >= 11 is 0. The van der Waals surface area contributed by atoms with Gasteiger partial charge in [-0.15, -0.1) is 0 Å². The summed E-state index contributed by atoms with van der Waals surface area (Å²) in [6, 6.07) is 6.08. The van der Waals surface area contributed by atoms with Crippen molar-refractivity contribution in [1.29, 1.82) is 0 Å². The first kappa shape index (κ1) is 18.1. The van der Waals surface area contributed by atoms with Crippen LogP contribution in [0.3, 0.4) is 0 Å². The molecule has 146 valence electrons. The summed E-state index contributed by atoms with van der Waals surface area (Å²) in [6.45, 7) is 4.19. The molecule has 2 aromatic heterocycles. The summed E-state index contributed by atoms with van der Waals surface area (Å²) in [5.74, 6) is -1.90. The van der Waals surface area contributed by atoms with Crippen LogP contribution >= 0.6 is 0 Å². The third-order valence-electron chi connectivity index (χ3n) is 5.30. The zero-order valence-electron chi connectivity index (χ0n) is 15.7. The summed E-state index contributed by atoms with van der Waals surface area (Å²) in [7, 11) is 2.01. The molecule has 0 unspecified atom stereocenters. The first-order valence-corrected chi connectivity index (χ1v) is 9.21. The number of pyridine rings is 1. The molecular weight excluding hydrogens is 360 g/mol. The Morgan fingerprint density at radius 3 is 2.82 bits per heavy atom. The number of nitrogens with zero attached hydrogens (tertiary/aromatic N) is 1. The molecule has 1 aromatic carbocycles. The quantitative estimate of drug-likeness (QED) is 0.471. The number of nitrogens with one attached hydrogen (secondary N) is 3. The number of aromatic nitrogens is 2. The second-order valence-electron chi connectivity index (χ2n) is 6.94. The molecule has 4 rings (SSSR count). The fourth-order valence-electron chi connectivity index (χ4n) is 3.84. The van der Waals surface area contributed by atoms with Gasteiger partial charge in [0.15, 0.2) is 5.56 Å². The van der Waals surface area contributed by atoms with E-state index in [2.05, 4.69) is 33.2 Å². The molecule has 0 saturated heterocycles. The van der Waals surface area contributed by atoms with Crippen molar-refractivity contribution in [1.82, 2.24) is 14.9 Å². The van der Waals surface area contributed by atoms with Gasteiger partial charge in [-0.05, 0) is 31.2 Å². The fraction of sp³-hybridized carbons (Fsp3) is 0.300. The van der Waals surface area contributed by atoms with Crippen LogP contribution < -0.4 is 16.2 Å². The van der Waals surface area contributed by atoms with E-state index in [-0.39, 0.29) is 0 Å². The van der Waals surface area contributed by atoms with Crippen molar-refractivity contribution in [3.8, 4) is 17.0 Å². The Labute approximate surface area is 160 Å². The highest BCUT2D eigenvalue weighted by molar-refractivity contribution is 5.96. The van der Waals surface area contributed by atoms with E-state index in [1.165, 1.54) is 0 Å². The van der Waals surface area contributed by atoms with Crippen molar-refractivity contribution in [2.24, 2.45) is 7.05 Å². The number of aromatic carboxylic acids is 1. The highest BCUT2D eigenvalue weighted by Crippen LogP contribution is 2.39. The maximum Gasteiger partial charge on any atom is 0.345 e. The number of rotatable bonds is 4. The average Bonchev–Trinajstić information content (AvgIpc) is 2.83. The molecule has 1 aliphatic heterocycles. The molecule has 3 heterocycles. The molecule has 0 saturated carbocycles. The number of benzene rings is 1. The molecule has 0 atom stereocenters. The van der Waals surface area contributed by atoms with Crippen molar-refractivity contribution < 1.29 is 15.0 Å². The zero-order chi connectivity index (χ0) is 20.0. The molecule has 3 aromatic rings. The Morgan fingerprint density at radius 1 is 1.32 bits per heavy atom. The first-order chi connectivity index (χ1) is 13.4. The summed E-state index contributed by atoms with van der Waals surface area (Å²) < 4.78 is 2.12. The topological polar surface area (TPSA) is 119 Å². The maximum absolute atomic E-state index is 12.3. The van der Waals surface area contributed by atoms with Crippen LogP contribution in [-0.2, 0) is 20.0 Å². The van der Waals surface area contributed by atoms with E-state index in [1.807, 2.05) is 19.2 Å². The van der Waals surface area contributed by atoms with E-state index >= 15 is 0 Å². The number of hydrogen-bond donors (Lipinski definition) is 5. The van der Waals surface area contributed by atoms with Gasteiger partial charge in [0.25, 0.3) is 5.56 Å². The van der Waals surface area contributed by atoms with E-state index in [1.54, 1.807) is 0 Å². The Bertz CT molecular complexity index is 1160. The van der Waals surface area contributed by atoms with Crippen molar-refractivity contribution in [2.75, 3.05) is 18.4 Å². The molecule has 0 fully saturated rings. The SMILES string of the molecule is CCNCc1cc2cc3c(cc2n1C)NCCc1c-3[nH]c(=O)c(C(=O)O)c1O. The molecule has 1 aliphatic rings. The lowest BCUT2D eigenvalue weighted by atomic mass is 9.99. The van der Waals surface area contributed by atoms with Crippen molar-refractivity contribution >= 4 is 22.6 Å². The van der Waals surface area contributed by atoms with Crippen molar-refractivity contribution in [2.45, 2.75) is 19.9 Å². The monoisotopic (exact) mass is 382 g/mol. The van der Waals surface area contributed by atoms with E-state index in [4.69, 9.17) is 0 Å². The number of fused-ring (bicyclic) bond motifs is 4. The predicted octanol–water partition coefficient (Wildman–Crippen LogP) is 2.01. The van der Waals surface area contributed by atoms with Gasteiger partial charge in [-0.2, -0.15) is 0 Å². The number of carboxylic acid groups (broad SMARTS) is 1. The van der Waals surface area contributed by atoms with Crippen molar-refractivity contribution in [3.63, 3.8) is 0 Å². The number of carbonyl (C=O) groups is 1. The summed E-state index contributed by atoms with van der Waals surface area (Å²) in [5, 5.41) is 27.4. The van der Waals surface area contributed by atoms with Crippen LogP contribution in [-0.4, -0.2) is 38.8 Å². The largest absolute Gasteiger partial charge is 0.506 e. The molecule has 0 spiro atoms. The van der Waals surface area contributed by atoms with Crippen LogP contribution in [0.25, 0.3) is 22.2 Å². The Morgan fingerprint density at radius 2 is 2.11 bits per heavy atom. The maximum atomic E-state index is 12.3. The predicted molar refractivity (Wildman–Crippen MR) is 107 cm³/mol. The van der Waals surface area contributed by atoms with Gasteiger partial charge in [-0.25, -0.2) is 4.79 Å². The Hall–Kier alpha value is -3.26. The lowest BCUT2D eigenvalue weighted by molar-refractivity contribution is 0.0691. The number of carboxylic acids is 1. The first-order valence-electron chi connectivity index (χ1n) is 9.21. The van der Waals surface area contributed by atoms with E-state index < -0.39 is 22.8 Å². The third kappa shape index (κ3) is 2.73. The van der Waals surface area contributed by atoms with Crippen molar-refractivity contribution in [3.05, 3.63) is 45.4 Å². The molecular formula is C20H22N4O4. The Kier molecular flexibility index (Phi) is 4.35. The molecule has 0 aliphatic carbocycles. The van der Waals surface area contributed by atoms with Gasteiger partial charge in [-0.3, -0.25) is 4.79 Å². The highest BCUT2D eigenvalue weighted by Gasteiger charge is 2.26. The molecule has 8 nitrogen and oxygen atoms in total. The Balaban J connectivity index is 1.95. The summed E-state index contributed by atoms with van der Waals surface area (Å²) in [5.41, 5.74) is 3.24. The van der Waals surface area contributed by atoms with E-state index in [0.717, 1.165) is 40.9 Å². The second-order valence-corrected chi connectivity index (χ2v) is 6.94. The lowest BCUT2D eigenvalue weighted by Gasteiger charge is -2.12. The number of aromatic amines is 1. The minimum atomic E-state index is -1.44. The van der Waals surface area contributed by atoms with Crippen LogP contribution in [0, 0.1) is 0 Å². The number of aromatic hydroxyl groups is 1. The van der Waals surface area contributed by atoms with Gasteiger partial charge in [0.05, 0.1) is 11.2 Å². The zero-order valence-corrected chi connectivity index (χ0v) is 15.7. The van der Waals surface area contributed by atoms with Gasteiger partial charge in [0.1, 0.15) is 5.75 Å². The minimum absolute atomic E-state index is 0.398. The normalized spacial score (nSPS) is 12.9. The molecule has 8 heteroatoms. The van der Waals surface area contributed by atoms with Crippen LogP contribution in [0.4, 0.5) is 5.69 Å². The molecule has 5 N–H and O–H groups in total. The fourth-order valence-corrected chi connectivity index (χ4v) is 3.84. The van der Waals surface area contributed by atoms with E-state index in [9.17, 15) is 19.8 Å². The van der Waals surface area contributed by atoms with E-state index in [0.29, 0.717) is 24.2 Å². The number of anilines is 1. The summed E-state index contributed by atoms with van der Waals surface area (Å²) in [6.07, 6.45) is 0.398.